The number of allylic oxidation sites excluding steroid dienone is 2. The molecular formula is C33H48O5S. The zero-order valence-corrected chi connectivity index (χ0v) is 25.0. The van der Waals surface area contributed by atoms with E-state index in [0.29, 0.717) is 30.3 Å². The number of aryl methyl sites for hydroxylation is 1. The molecule has 0 spiro atoms. The van der Waals surface area contributed by atoms with Gasteiger partial charge in [0.15, 0.2) is 12.6 Å². The fraction of sp³-hybridized carbons (Fsp3) is 0.758. The van der Waals surface area contributed by atoms with E-state index < -0.39 is 22.7 Å². The number of rotatable bonds is 7. The van der Waals surface area contributed by atoms with Crippen LogP contribution in [-0.2, 0) is 23.8 Å². The number of hydrogen-bond acceptors (Lipinski definition) is 5. The highest BCUT2D eigenvalue weighted by Gasteiger charge is 2.58. The normalized spacial score (nSPS) is 39.3. The molecule has 0 bridgehead atoms. The zero-order valence-electron chi connectivity index (χ0n) is 24.2. The minimum atomic E-state index is -3.95. The maximum Gasteiger partial charge on any atom is 0.299 e. The number of benzene rings is 1. The van der Waals surface area contributed by atoms with Crippen LogP contribution in [0, 0.1) is 41.4 Å². The molecule has 2 unspecified atom stereocenters. The summed E-state index contributed by atoms with van der Waals surface area (Å²) in [6, 6.07) is 6.88. The summed E-state index contributed by atoms with van der Waals surface area (Å²) in [5.74, 6) is 2.63. The molecule has 1 aromatic rings. The van der Waals surface area contributed by atoms with Crippen molar-refractivity contribution in [2.24, 2.45) is 34.5 Å². The lowest BCUT2D eigenvalue weighted by atomic mass is 9.47. The Morgan fingerprint density at radius 2 is 1.79 bits per heavy atom. The first-order valence-corrected chi connectivity index (χ1v) is 17.1. The van der Waals surface area contributed by atoms with Crippen molar-refractivity contribution >= 4 is 10.1 Å². The first-order valence-electron chi connectivity index (χ1n) is 15.7. The van der Waals surface area contributed by atoms with Crippen LogP contribution >= 0.6 is 0 Å². The van der Waals surface area contributed by atoms with Gasteiger partial charge in [-0.1, -0.05) is 49.6 Å². The quantitative estimate of drug-likeness (QED) is 0.194. The summed E-state index contributed by atoms with van der Waals surface area (Å²) < 4.78 is 44.8. The second-order valence-corrected chi connectivity index (χ2v) is 15.3. The van der Waals surface area contributed by atoms with Crippen LogP contribution in [0.1, 0.15) is 103 Å². The summed E-state index contributed by atoms with van der Waals surface area (Å²) >= 11 is 0. The predicted molar refractivity (Wildman–Crippen MR) is 152 cm³/mol. The summed E-state index contributed by atoms with van der Waals surface area (Å²) in [6.45, 7) is 7.67. The van der Waals surface area contributed by atoms with Gasteiger partial charge in [-0.15, -0.1) is 0 Å². The number of fused-ring (bicyclic) bond motifs is 5. The van der Waals surface area contributed by atoms with Gasteiger partial charge in [-0.3, -0.25) is 0 Å². The Morgan fingerprint density at radius 1 is 0.974 bits per heavy atom. The second-order valence-electron chi connectivity index (χ2n) is 13.7. The van der Waals surface area contributed by atoms with Gasteiger partial charge in [-0.25, -0.2) is 4.18 Å². The molecule has 39 heavy (non-hydrogen) atoms. The fourth-order valence-electron chi connectivity index (χ4n) is 9.43. The summed E-state index contributed by atoms with van der Waals surface area (Å²) in [5.41, 5.74) is 3.37. The van der Waals surface area contributed by atoms with Crippen LogP contribution in [-0.4, -0.2) is 27.6 Å². The van der Waals surface area contributed by atoms with Crippen LogP contribution < -0.4 is 0 Å². The van der Waals surface area contributed by atoms with Crippen LogP contribution in [0.25, 0.3) is 0 Å². The van der Waals surface area contributed by atoms with Crippen molar-refractivity contribution in [2.75, 3.05) is 6.61 Å². The van der Waals surface area contributed by atoms with Gasteiger partial charge >= 0.3 is 0 Å². The van der Waals surface area contributed by atoms with Crippen LogP contribution in [0.15, 0.2) is 40.8 Å². The molecule has 8 atom stereocenters. The molecule has 6 heteroatoms. The molecule has 1 aromatic carbocycles. The number of ether oxygens (including phenoxy) is 2. The van der Waals surface area contributed by atoms with Crippen molar-refractivity contribution in [3.63, 3.8) is 0 Å². The molecule has 216 valence electrons. The Bertz CT molecular complexity index is 1150. The Kier molecular flexibility index (Phi) is 7.80. The average molecular weight is 557 g/mol. The van der Waals surface area contributed by atoms with Gasteiger partial charge in [0.1, 0.15) is 0 Å². The summed E-state index contributed by atoms with van der Waals surface area (Å²) in [4.78, 5) is 0.188. The third kappa shape index (κ3) is 5.29. The van der Waals surface area contributed by atoms with Crippen molar-refractivity contribution in [1.29, 1.82) is 0 Å². The third-order valence-corrected chi connectivity index (χ3v) is 13.0. The molecule has 1 aliphatic heterocycles. The van der Waals surface area contributed by atoms with Gasteiger partial charge in [0.2, 0.25) is 0 Å². The molecule has 0 amide bonds. The van der Waals surface area contributed by atoms with Gasteiger partial charge in [-0.05, 0) is 124 Å². The van der Waals surface area contributed by atoms with E-state index in [1.54, 1.807) is 17.7 Å². The van der Waals surface area contributed by atoms with Gasteiger partial charge in [0, 0.05) is 13.0 Å². The van der Waals surface area contributed by atoms with Crippen molar-refractivity contribution in [3.8, 4) is 0 Å². The van der Waals surface area contributed by atoms with Crippen LogP contribution in [0.3, 0.4) is 0 Å². The van der Waals surface area contributed by atoms with E-state index >= 15 is 0 Å². The highest BCUT2D eigenvalue weighted by atomic mass is 32.2. The minimum absolute atomic E-state index is 0.188. The Labute approximate surface area is 236 Å². The van der Waals surface area contributed by atoms with Gasteiger partial charge in [-0.2, -0.15) is 8.42 Å². The Morgan fingerprint density at radius 3 is 2.56 bits per heavy atom. The standard InChI is InChI=1S/C33H48O5S/c1-23-10-14-26(15-11-23)39(34,35)38-31(37-30-9-5-7-21-36-30)22-25-13-17-28-27-16-12-24-8-4-6-19-32(24,2)29(27)18-20-33(25,28)3/h10-12,14-15,25,27-31H,4-9,13,16-22H2,1-3H3/t25-,27+,28+,29+,30?,31?,32+,33-/m1/s1. The van der Waals surface area contributed by atoms with Crippen molar-refractivity contribution < 1.29 is 22.1 Å². The van der Waals surface area contributed by atoms with Crippen LogP contribution in [0.5, 0.6) is 0 Å². The van der Waals surface area contributed by atoms with E-state index in [1.165, 1.54) is 51.4 Å². The molecule has 1 heterocycles. The largest absolute Gasteiger partial charge is 0.353 e. The highest BCUT2D eigenvalue weighted by molar-refractivity contribution is 7.86. The van der Waals surface area contributed by atoms with E-state index in [2.05, 4.69) is 19.9 Å². The maximum absolute atomic E-state index is 13.3. The van der Waals surface area contributed by atoms with E-state index in [-0.39, 0.29) is 10.3 Å². The summed E-state index contributed by atoms with van der Waals surface area (Å²) in [6.07, 6.45) is 16.3. The van der Waals surface area contributed by atoms with Crippen LogP contribution in [0.2, 0.25) is 0 Å². The van der Waals surface area contributed by atoms with Crippen LogP contribution in [0.4, 0.5) is 0 Å². The van der Waals surface area contributed by atoms with E-state index in [4.69, 9.17) is 13.7 Å². The van der Waals surface area contributed by atoms with E-state index in [0.717, 1.165) is 43.1 Å². The molecular weight excluding hydrogens is 508 g/mol. The SMILES string of the molecule is Cc1ccc(S(=O)(=O)OC(C[C@H]2CC[C@H]3[C@@H]4CC=C5CCCC[C@]5(C)[C@H]4CC[C@]23C)OC2CCCCO2)cc1. The van der Waals surface area contributed by atoms with Crippen molar-refractivity contribution in [1.82, 2.24) is 0 Å². The Balaban J connectivity index is 1.21. The highest BCUT2D eigenvalue weighted by Crippen LogP contribution is 2.66. The summed E-state index contributed by atoms with van der Waals surface area (Å²) in [5, 5.41) is 0. The average Bonchev–Trinajstić information content (AvgIpc) is 3.25. The molecule has 3 saturated carbocycles. The first kappa shape index (κ1) is 27.9. The van der Waals surface area contributed by atoms with E-state index in [9.17, 15) is 8.42 Å². The van der Waals surface area contributed by atoms with Gasteiger partial charge in [0.05, 0.1) is 4.90 Å². The molecule has 1 saturated heterocycles. The monoisotopic (exact) mass is 556 g/mol. The molecule has 4 fully saturated rings. The van der Waals surface area contributed by atoms with Crippen molar-refractivity contribution in [2.45, 2.75) is 122 Å². The molecule has 4 aliphatic carbocycles. The van der Waals surface area contributed by atoms with Gasteiger partial charge in [0.25, 0.3) is 10.1 Å². The molecule has 5 nitrogen and oxygen atoms in total. The predicted octanol–water partition coefficient (Wildman–Crippen LogP) is 7.93. The summed E-state index contributed by atoms with van der Waals surface area (Å²) in [7, 11) is -3.95. The van der Waals surface area contributed by atoms with Gasteiger partial charge < -0.3 is 9.47 Å². The molecule has 0 N–H and O–H groups in total. The Hall–Kier alpha value is -1.21. The lowest BCUT2D eigenvalue weighted by Crippen LogP contribution is -2.49. The van der Waals surface area contributed by atoms with Crippen molar-refractivity contribution in [3.05, 3.63) is 41.5 Å². The molecule has 0 radical (unpaired) electrons. The maximum atomic E-state index is 13.3. The topological polar surface area (TPSA) is 61.8 Å². The third-order valence-electron chi connectivity index (χ3n) is 11.7. The number of hydrogen-bond donors (Lipinski definition) is 0. The fourth-order valence-corrected chi connectivity index (χ4v) is 10.4. The molecule has 0 aromatic heterocycles. The molecule has 6 rings (SSSR count). The molecule has 5 aliphatic rings. The zero-order chi connectivity index (χ0) is 27.3. The van der Waals surface area contributed by atoms with E-state index in [1.807, 2.05) is 19.1 Å². The second kappa shape index (κ2) is 10.9. The lowest BCUT2D eigenvalue weighted by Gasteiger charge is -2.57. The smallest absolute Gasteiger partial charge is 0.299 e. The lowest BCUT2D eigenvalue weighted by molar-refractivity contribution is -0.237. The first-order chi connectivity index (χ1) is 18.7. The minimum Gasteiger partial charge on any atom is -0.353 e.